The Hall–Kier alpha value is -1.29. The van der Waals surface area contributed by atoms with Gasteiger partial charge in [0.25, 0.3) is 0 Å². The van der Waals surface area contributed by atoms with Crippen molar-refractivity contribution in [1.82, 2.24) is 0 Å². The summed E-state index contributed by atoms with van der Waals surface area (Å²) in [6.07, 6.45) is 0.177. The lowest BCUT2D eigenvalue weighted by atomic mass is 10.2. The van der Waals surface area contributed by atoms with Gasteiger partial charge in [0.2, 0.25) is 0 Å². The van der Waals surface area contributed by atoms with Crippen LogP contribution < -0.4 is 10.5 Å². The number of halogens is 1. The largest absolute Gasteiger partial charge is 0.489 e. The first kappa shape index (κ1) is 12.8. The molecule has 0 spiro atoms. The molecule has 0 unspecified atom stereocenters. The van der Waals surface area contributed by atoms with Gasteiger partial charge >= 0.3 is 0 Å². The van der Waals surface area contributed by atoms with Gasteiger partial charge in [0.05, 0.1) is 18.4 Å². The van der Waals surface area contributed by atoms with Gasteiger partial charge in [-0.1, -0.05) is 0 Å². The van der Waals surface area contributed by atoms with Gasteiger partial charge in [-0.2, -0.15) is 0 Å². The first-order valence-electron chi connectivity index (χ1n) is 5.30. The second kappa shape index (κ2) is 5.70. The van der Waals surface area contributed by atoms with Gasteiger partial charge in [0.15, 0.2) is 0 Å². The second-order valence-electron chi connectivity index (χ2n) is 3.91. The molecule has 0 radical (unpaired) electrons. The summed E-state index contributed by atoms with van der Waals surface area (Å²) >= 11 is 0. The van der Waals surface area contributed by atoms with Crippen molar-refractivity contribution < 1.29 is 13.9 Å². The van der Waals surface area contributed by atoms with E-state index >= 15 is 0 Å². The van der Waals surface area contributed by atoms with Gasteiger partial charge in [-0.3, -0.25) is 0 Å². The van der Waals surface area contributed by atoms with Crippen LogP contribution in [0.2, 0.25) is 0 Å². The first-order valence-corrected chi connectivity index (χ1v) is 5.30. The Morgan fingerprint density at radius 3 is 2.62 bits per heavy atom. The zero-order valence-electron chi connectivity index (χ0n) is 9.92. The SMILES string of the molecule is Cc1cc(OCCOC(C)C)c(N)cc1F. The Labute approximate surface area is 95.4 Å². The third-order valence-electron chi connectivity index (χ3n) is 2.08. The maximum absolute atomic E-state index is 13.1. The van der Waals surface area contributed by atoms with Gasteiger partial charge in [0.1, 0.15) is 18.2 Å². The van der Waals surface area contributed by atoms with Crippen LogP contribution in [0.4, 0.5) is 10.1 Å². The Bertz CT molecular complexity index is 353. The Morgan fingerprint density at radius 2 is 2.00 bits per heavy atom. The fourth-order valence-corrected chi connectivity index (χ4v) is 1.23. The third kappa shape index (κ3) is 3.70. The predicted molar refractivity (Wildman–Crippen MR) is 62.1 cm³/mol. The highest BCUT2D eigenvalue weighted by molar-refractivity contribution is 5.54. The fourth-order valence-electron chi connectivity index (χ4n) is 1.23. The van der Waals surface area contributed by atoms with Gasteiger partial charge in [-0.05, 0) is 32.4 Å². The second-order valence-corrected chi connectivity index (χ2v) is 3.91. The molecule has 16 heavy (non-hydrogen) atoms. The van der Waals surface area contributed by atoms with Crippen LogP contribution in [0.1, 0.15) is 19.4 Å². The van der Waals surface area contributed by atoms with Crippen LogP contribution in [0.5, 0.6) is 5.75 Å². The predicted octanol–water partition coefficient (Wildman–Crippen LogP) is 2.52. The highest BCUT2D eigenvalue weighted by atomic mass is 19.1. The summed E-state index contributed by atoms with van der Waals surface area (Å²) in [4.78, 5) is 0. The topological polar surface area (TPSA) is 44.5 Å². The zero-order valence-corrected chi connectivity index (χ0v) is 9.92. The minimum Gasteiger partial charge on any atom is -0.489 e. The van der Waals surface area contributed by atoms with Gasteiger partial charge < -0.3 is 15.2 Å². The summed E-state index contributed by atoms with van der Waals surface area (Å²) in [5.41, 5.74) is 6.46. The van der Waals surface area contributed by atoms with Crippen LogP contribution >= 0.6 is 0 Å². The molecule has 0 atom stereocenters. The van der Waals surface area contributed by atoms with E-state index in [2.05, 4.69) is 0 Å². The highest BCUT2D eigenvalue weighted by Gasteiger charge is 2.05. The zero-order chi connectivity index (χ0) is 12.1. The van der Waals surface area contributed by atoms with E-state index < -0.39 is 0 Å². The molecule has 0 saturated carbocycles. The van der Waals surface area contributed by atoms with E-state index in [1.54, 1.807) is 13.0 Å². The minimum atomic E-state index is -0.316. The maximum atomic E-state index is 13.1. The molecular formula is C12H18FNO2. The van der Waals surface area contributed by atoms with Crippen molar-refractivity contribution in [2.75, 3.05) is 18.9 Å². The lowest BCUT2D eigenvalue weighted by Crippen LogP contribution is -2.12. The Morgan fingerprint density at radius 1 is 1.31 bits per heavy atom. The third-order valence-corrected chi connectivity index (χ3v) is 2.08. The number of rotatable bonds is 5. The van der Waals surface area contributed by atoms with Crippen molar-refractivity contribution in [1.29, 1.82) is 0 Å². The van der Waals surface area contributed by atoms with Crippen molar-refractivity contribution in [2.24, 2.45) is 0 Å². The molecule has 2 N–H and O–H groups in total. The van der Waals surface area contributed by atoms with E-state index in [9.17, 15) is 4.39 Å². The number of nitrogens with two attached hydrogens (primary N) is 1. The average molecular weight is 227 g/mol. The van der Waals surface area contributed by atoms with Crippen molar-refractivity contribution in [3.63, 3.8) is 0 Å². The summed E-state index contributed by atoms with van der Waals surface area (Å²) in [7, 11) is 0. The molecular weight excluding hydrogens is 209 g/mol. The Balaban J connectivity index is 2.51. The van der Waals surface area contributed by atoms with E-state index in [1.165, 1.54) is 6.07 Å². The average Bonchev–Trinajstić information content (AvgIpc) is 2.19. The van der Waals surface area contributed by atoms with Crippen LogP contribution in [0.15, 0.2) is 12.1 Å². The number of benzene rings is 1. The van der Waals surface area contributed by atoms with E-state index in [0.29, 0.717) is 30.2 Å². The normalized spacial score (nSPS) is 10.8. The molecule has 0 aliphatic heterocycles. The molecule has 3 nitrogen and oxygen atoms in total. The molecule has 1 rings (SSSR count). The van der Waals surface area contributed by atoms with Crippen LogP contribution in [-0.4, -0.2) is 19.3 Å². The summed E-state index contributed by atoms with van der Waals surface area (Å²) < 4.78 is 23.8. The van der Waals surface area contributed by atoms with Crippen molar-refractivity contribution in [3.05, 3.63) is 23.5 Å². The molecule has 0 bridgehead atoms. The highest BCUT2D eigenvalue weighted by Crippen LogP contribution is 2.24. The lowest BCUT2D eigenvalue weighted by molar-refractivity contribution is 0.0554. The molecule has 90 valence electrons. The van der Waals surface area contributed by atoms with Crippen LogP contribution in [0.3, 0.4) is 0 Å². The number of ether oxygens (including phenoxy) is 2. The number of nitrogen functional groups attached to an aromatic ring is 1. The molecule has 1 aromatic rings. The van der Waals surface area contributed by atoms with Crippen molar-refractivity contribution >= 4 is 5.69 Å². The number of hydrogen-bond acceptors (Lipinski definition) is 3. The van der Waals surface area contributed by atoms with Crippen molar-refractivity contribution in [2.45, 2.75) is 26.9 Å². The van der Waals surface area contributed by atoms with Gasteiger partial charge in [-0.25, -0.2) is 4.39 Å². The van der Waals surface area contributed by atoms with Crippen molar-refractivity contribution in [3.8, 4) is 5.75 Å². The Kier molecular flexibility index (Phi) is 4.55. The van der Waals surface area contributed by atoms with Crippen LogP contribution in [-0.2, 0) is 4.74 Å². The summed E-state index contributed by atoms with van der Waals surface area (Å²) in [5, 5.41) is 0. The smallest absolute Gasteiger partial charge is 0.142 e. The molecule has 0 saturated heterocycles. The molecule has 4 heteroatoms. The number of hydrogen-bond donors (Lipinski definition) is 1. The standard InChI is InChI=1S/C12H18FNO2/c1-8(2)15-4-5-16-12-6-9(3)10(13)7-11(12)14/h6-8H,4-5,14H2,1-3H3. The molecule has 0 amide bonds. The first-order chi connectivity index (χ1) is 7.50. The van der Waals surface area contributed by atoms with E-state index in [0.717, 1.165) is 0 Å². The molecule has 1 aromatic carbocycles. The molecule has 0 aliphatic rings. The number of anilines is 1. The quantitative estimate of drug-likeness (QED) is 0.621. The summed E-state index contributed by atoms with van der Waals surface area (Å²) in [5.74, 6) is 0.189. The lowest BCUT2D eigenvalue weighted by Gasteiger charge is -2.11. The minimum absolute atomic E-state index is 0.177. The van der Waals surface area contributed by atoms with Crippen LogP contribution in [0, 0.1) is 12.7 Å². The van der Waals surface area contributed by atoms with Gasteiger partial charge in [-0.15, -0.1) is 0 Å². The molecule has 0 heterocycles. The van der Waals surface area contributed by atoms with E-state index in [-0.39, 0.29) is 11.9 Å². The molecule has 0 aromatic heterocycles. The number of aryl methyl sites for hydroxylation is 1. The molecule has 0 fully saturated rings. The van der Waals surface area contributed by atoms with Gasteiger partial charge in [0, 0.05) is 6.07 Å². The van der Waals surface area contributed by atoms with E-state index in [4.69, 9.17) is 15.2 Å². The van der Waals surface area contributed by atoms with E-state index in [1.807, 2.05) is 13.8 Å². The monoisotopic (exact) mass is 227 g/mol. The van der Waals surface area contributed by atoms with Crippen LogP contribution in [0.25, 0.3) is 0 Å². The fraction of sp³-hybridized carbons (Fsp3) is 0.500. The summed E-state index contributed by atoms with van der Waals surface area (Å²) in [6, 6.07) is 2.87. The molecule has 0 aliphatic carbocycles. The maximum Gasteiger partial charge on any atom is 0.142 e. The summed E-state index contributed by atoms with van der Waals surface area (Å²) in [6.45, 7) is 6.49.